The molecule has 0 saturated carbocycles. The second kappa shape index (κ2) is 1.82. The van der Waals surface area contributed by atoms with Gasteiger partial charge in [0.2, 0.25) is 0 Å². The average molecular weight is 99.1 g/mol. The Bertz CT molecular complexity index is 73.8. The first-order valence-electron chi connectivity index (χ1n) is 2.23. The topological polar surface area (TPSA) is 41.1 Å². The van der Waals surface area contributed by atoms with E-state index in [9.17, 15) is 4.79 Å². The van der Waals surface area contributed by atoms with E-state index in [1.54, 1.807) is 0 Å². The fraction of sp³-hybridized carbons (Fsp3) is 0.500. The van der Waals surface area contributed by atoms with Gasteiger partial charge in [-0.05, 0) is 6.42 Å². The highest BCUT2D eigenvalue weighted by Crippen LogP contribution is 1.77. The molecule has 0 aromatic rings. The van der Waals surface area contributed by atoms with Crippen molar-refractivity contribution in [2.45, 2.75) is 0 Å². The first kappa shape index (κ1) is 4.43. The molecule has 1 radical (unpaired) electrons. The van der Waals surface area contributed by atoms with E-state index >= 15 is 0 Å². The molecular formula is C4H7N2O. The molecule has 0 unspecified atom stereocenters. The number of hydrogen-bond acceptors (Lipinski definition) is 1. The fourth-order valence-electron chi connectivity index (χ4n) is 0.464. The summed E-state index contributed by atoms with van der Waals surface area (Å²) in [4.78, 5) is 10.2. The average Bonchev–Trinajstić information content (AvgIpc) is 1.69. The summed E-state index contributed by atoms with van der Waals surface area (Å²) in [5, 5.41) is 5.15. The van der Waals surface area contributed by atoms with Crippen molar-refractivity contribution in [3.05, 3.63) is 6.42 Å². The highest BCUT2D eigenvalue weighted by Gasteiger charge is 2.02. The number of carbonyl (C=O) groups is 1. The minimum atomic E-state index is -0.0671. The van der Waals surface area contributed by atoms with E-state index < -0.39 is 0 Å². The van der Waals surface area contributed by atoms with E-state index in [1.807, 2.05) is 6.42 Å². The molecule has 1 heterocycles. The van der Waals surface area contributed by atoms with Crippen molar-refractivity contribution < 1.29 is 4.79 Å². The lowest BCUT2D eigenvalue weighted by Crippen LogP contribution is -2.42. The fourth-order valence-corrected chi connectivity index (χ4v) is 0.464. The van der Waals surface area contributed by atoms with E-state index in [-0.39, 0.29) is 6.03 Å². The molecule has 0 aromatic carbocycles. The Hall–Kier alpha value is -0.730. The van der Waals surface area contributed by atoms with Crippen molar-refractivity contribution in [3.8, 4) is 0 Å². The molecule has 3 nitrogen and oxygen atoms in total. The summed E-state index contributed by atoms with van der Waals surface area (Å²) in [5.74, 6) is 0. The maximum atomic E-state index is 10.2. The van der Waals surface area contributed by atoms with Crippen LogP contribution in [-0.2, 0) is 0 Å². The quantitative estimate of drug-likeness (QED) is 0.422. The van der Waals surface area contributed by atoms with Crippen molar-refractivity contribution in [1.82, 2.24) is 10.6 Å². The first-order chi connectivity index (χ1) is 3.39. The third kappa shape index (κ3) is 1.07. The van der Waals surface area contributed by atoms with Crippen LogP contribution >= 0.6 is 0 Å². The molecule has 0 spiro atoms. The third-order valence-corrected chi connectivity index (χ3v) is 0.814. The van der Waals surface area contributed by atoms with Gasteiger partial charge in [-0.3, -0.25) is 0 Å². The van der Waals surface area contributed by atoms with Crippen molar-refractivity contribution >= 4 is 6.03 Å². The molecule has 1 saturated heterocycles. The molecule has 0 aliphatic carbocycles. The van der Waals surface area contributed by atoms with Crippen LogP contribution in [0, 0.1) is 6.42 Å². The standard InChI is InChI=1S/C4H7N2O/c7-4-5-2-1-3-6-4/h1H,2-3H2,(H2,5,6,7). The Balaban J connectivity index is 2.25. The van der Waals surface area contributed by atoms with Crippen LogP contribution in [0.4, 0.5) is 4.79 Å². The third-order valence-electron chi connectivity index (χ3n) is 0.814. The van der Waals surface area contributed by atoms with Gasteiger partial charge < -0.3 is 10.6 Å². The molecule has 0 bridgehead atoms. The number of rotatable bonds is 0. The molecule has 0 aromatic heterocycles. The van der Waals surface area contributed by atoms with Gasteiger partial charge in [-0.1, -0.05) is 0 Å². The maximum absolute atomic E-state index is 10.2. The Kier molecular flexibility index (Phi) is 1.15. The monoisotopic (exact) mass is 99.1 g/mol. The van der Waals surface area contributed by atoms with Gasteiger partial charge in [0.1, 0.15) is 0 Å². The molecule has 0 atom stereocenters. The van der Waals surface area contributed by atoms with E-state index in [0.717, 1.165) is 0 Å². The van der Waals surface area contributed by atoms with Crippen LogP contribution in [0.5, 0.6) is 0 Å². The molecule has 7 heavy (non-hydrogen) atoms. The number of nitrogens with one attached hydrogen (secondary N) is 2. The highest BCUT2D eigenvalue weighted by atomic mass is 16.2. The highest BCUT2D eigenvalue weighted by molar-refractivity contribution is 5.74. The summed E-state index contributed by atoms with van der Waals surface area (Å²) in [7, 11) is 0. The van der Waals surface area contributed by atoms with Crippen LogP contribution < -0.4 is 10.6 Å². The van der Waals surface area contributed by atoms with E-state index in [1.165, 1.54) is 0 Å². The van der Waals surface area contributed by atoms with Gasteiger partial charge in [0.25, 0.3) is 0 Å². The number of amides is 2. The number of carbonyl (C=O) groups excluding carboxylic acids is 1. The van der Waals surface area contributed by atoms with Crippen LogP contribution in [0.2, 0.25) is 0 Å². The van der Waals surface area contributed by atoms with Gasteiger partial charge in [0, 0.05) is 13.1 Å². The van der Waals surface area contributed by atoms with Gasteiger partial charge >= 0.3 is 6.03 Å². The second-order valence-corrected chi connectivity index (χ2v) is 1.38. The van der Waals surface area contributed by atoms with Crippen LogP contribution in [0.1, 0.15) is 0 Å². The van der Waals surface area contributed by atoms with Crippen molar-refractivity contribution in [2.24, 2.45) is 0 Å². The second-order valence-electron chi connectivity index (χ2n) is 1.38. The molecule has 1 rings (SSSR count). The van der Waals surface area contributed by atoms with Crippen LogP contribution in [0.3, 0.4) is 0 Å². The summed E-state index contributed by atoms with van der Waals surface area (Å²) in [6, 6.07) is -0.0671. The minimum Gasteiger partial charge on any atom is -0.338 e. The predicted molar refractivity (Wildman–Crippen MR) is 25.7 cm³/mol. The molecule has 1 aliphatic rings. The maximum Gasteiger partial charge on any atom is 0.314 e. The zero-order valence-corrected chi connectivity index (χ0v) is 3.90. The van der Waals surface area contributed by atoms with Crippen molar-refractivity contribution in [1.29, 1.82) is 0 Å². The summed E-state index contributed by atoms with van der Waals surface area (Å²) in [5.41, 5.74) is 0. The predicted octanol–water partition coefficient (Wildman–Crippen LogP) is -0.497. The van der Waals surface area contributed by atoms with Gasteiger partial charge in [0.05, 0.1) is 0 Å². The number of urea groups is 1. The summed E-state index contributed by atoms with van der Waals surface area (Å²) >= 11 is 0. The van der Waals surface area contributed by atoms with Crippen molar-refractivity contribution in [3.63, 3.8) is 0 Å². The van der Waals surface area contributed by atoms with Gasteiger partial charge in [-0.15, -0.1) is 0 Å². The zero-order chi connectivity index (χ0) is 5.11. The van der Waals surface area contributed by atoms with E-state index in [2.05, 4.69) is 10.6 Å². The summed E-state index contributed by atoms with van der Waals surface area (Å²) in [6.07, 6.45) is 1.96. The zero-order valence-electron chi connectivity index (χ0n) is 3.90. The summed E-state index contributed by atoms with van der Waals surface area (Å²) in [6.45, 7) is 1.40. The largest absolute Gasteiger partial charge is 0.338 e. The lowest BCUT2D eigenvalue weighted by atomic mass is 10.4. The number of hydrogen-bond donors (Lipinski definition) is 2. The molecule has 1 aliphatic heterocycles. The Morgan fingerprint density at radius 1 is 1.43 bits per heavy atom. The van der Waals surface area contributed by atoms with Gasteiger partial charge in [0.15, 0.2) is 0 Å². The van der Waals surface area contributed by atoms with Crippen LogP contribution in [0.15, 0.2) is 0 Å². The van der Waals surface area contributed by atoms with E-state index in [0.29, 0.717) is 13.1 Å². The molecular weight excluding hydrogens is 92.1 g/mol. The Morgan fingerprint density at radius 2 is 2.00 bits per heavy atom. The Labute approximate surface area is 42.1 Å². The molecule has 39 valence electrons. The van der Waals surface area contributed by atoms with Crippen LogP contribution in [0.25, 0.3) is 0 Å². The van der Waals surface area contributed by atoms with Crippen LogP contribution in [-0.4, -0.2) is 19.1 Å². The minimum absolute atomic E-state index is 0.0671. The van der Waals surface area contributed by atoms with Gasteiger partial charge in [-0.2, -0.15) is 0 Å². The lowest BCUT2D eigenvalue weighted by molar-refractivity contribution is 0.239. The SMILES string of the molecule is O=C1NC[CH]CN1. The van der Waals surface area contributed by atoms with Gasteiger partial charge in [-0.25, -0.2) is 4.79 Å². The first-order valence-corrected chi connectivity index (χ1v) is 2.23. The molecule has 2 amide bonds. The molecule has 1 fully saturated rings. The molecule has 2 N–H and O–H groups in total. The molecule has 3 heteroatoms. The normalized spacial score (nSPS) is 20.3. The lowest BCUT2D eigenvalue weighted by Gasteiger charge is -2.11. The summed E-state index contributed by atoms with van der Waals surface area (Å²) < 4.78 is 0. The Morgan fingerprint density at radius 3 is 2.29 bits per heavy atom. The smallest absolute Gasteiger partial charge is 0.314 e. The van der Waals surface area contributed by atoms with E-state index in [4.69, 9.17) is 0 Å². The van der Waals surface area contributed by atoms with Crippen molar-refractivity contribution in [2.75, 3.05) is 13.1 Å².